The average Bonchev–Trinajstić information content (AvgIpc) is 2.81. The number of rotatable bonds is 4. The van der Waals surface area contributed by atoms with Crippen LogP contribution in [0.2, 0.25) is 0 Å². The molecule has 1 fully saturated rings. The molecule has 0 atom stereocenters. The summed E-state index contributed by atoms with van der Waals surface area (Å²) < 4.78 is 28.4. The molecule has 104 valence electrons. The highest BCUT2D eigenvalue weighted by Gasteiger charge is 2.25. The first kappa shape index (κ1) is 14.3. The van der Waals surface area contributed by atoms with Crippen LogP contribution in [0.25, 0.3) is 0 Å². The van der Waals surface area contributed by atoms with Gasteiger partial charge in [0.15, 0.2) is 0 Å². The van der Waals surface area contributed by atoms with E-state index in [-0.39, 0.29) is 11.3 Å². The predicted octanol–water partition coefficient (Wildman–Crippen LogP) is 1.90. The van der Waals surface area contributed by atoms with Gasteiger partial charge in [-0.15, -0.1) is 0 Å². The van der Waals surface area contributed by atoms with Crippen LogP contribution < -0.4 is 4.72 Å². The molecule has 0 radical (unpaired) electrons. The van der Waals surface area contributed by atoms with Crippen molar-refractivity contribution >= 4 is 37.8 Å². The van der Waals surface area contributed by atoms with E-state index in [1.807, 2.05) is 0 Å². The molecule has 0 unspecified atom stereocenters. The minimum Gasteiger partial charge on any atom is -0.478 e. The van der Waals surface area contributed by atoms with Gasteiger partial charge in [0.25, 0.3) is 0 Å². The molecule has 1 aromatic rings. The minimum atomic E-state index is -3.60. The summed E-state index contributed by atoms with van der Waals surface area (Å²) in [6.45, 7) is 0.990. The highest BCUT2D eigenvalue weighted by Crippen LogP contribution is 2.22. The Labute approximate surface area is 119 Å². The Kier molecular flexibility index (Phi) is 4.12. The van der Waals surface area contributed by atoms with Crippen molar-refractivity contribution in [3.05, 3.63) is 28.2 Å². The number of nitrogens with one attached hydrogen (secondary N) is 1. The molecule has 8 heteroatoms. The van der Waals surface area contributed by atoms with E-state index in [2.05, 4.69) is 20.7 Å². The van der Waals surface area contributed by atoms with Crippen molar-refractivity contribution in [2.75, 3.05) is 17.8 Å². The third-order valence-electron chi connectivity index (χ3n) is 2.80. The number of anilines is 1. The second kappa shape index (κ2) is 5.48. The van der Waals surface area contributed by atoms with Crippen molar-refractivity contribution in [2.24, 2.45) is 0 Å². The topological polar surface area (TPSA) is 86.7 Å². The first-order chi connectivity index (χ1) is 8.88. The number of carbonyl (C=O) groups is 1. The zero-order chi connectivity index (χ0) is 14.0. The lowest BCUT2D eigenvalue weighted by Crippen LogP contribution is -2.33. The van der Waals surface area contributed by atoms with Crippen LogP contribution in [0.1, 0.15) is 23.2 Å². The van der Waals surface area contributed by atoms with E-state index in [0.717, 1.165) is 12.8 Å². The van der Waals surface area contributed by atoms with E-state index in [0.29, 0.717) is 17.6 Å². The molecule has 0 saturated carbocycles. The summed E-state index contributed by atoms with van der Waals surface area (Å²) in [4.78, 5) is 10.9. The normalized spacial score (nSPS) is 16.5. The molecule has 2 N–H and O–H groups in total. The van der Waals surface area contributed by atoms with Crippen LogP contribution in [-0.2, 0) is 10.2 Å². The zero-order valence-corrected chi connectivity index (χ0v) is 12.4. The SMILES string of the molecule is O=C(O)c1cc(Br)cc(NS(=O)(=O)N2CCCC2)c1. The highest BCUT2D eigenvalue weighted by molar-refractivity contribution is 9.10. The van der Waals surface area contributed by atoms with Crippen molar-refractivity contribution in [1.29, 1.82) is 0 Å². The number of halogens is 1. The molecular formula is C11H13BrN2O4S. The Morgan fingerprint density at radius 3 is 2.47 bits per heavy atom. The number of hydrogen-bond donors (Lipinski definition) is 2. The van der Waals surface area contributed by atoms with Gasteiger partial charge in [-0.25, -0.2) is 4.79 Å². The minimum absolute atomic E-state index is 0.0218. The first-order valence-corrected chi connectivity index (χ1v) is 7.93. The summed E-state index contributed by atoms with van der Waals surface area (Å²) >= 11 is 3.16. The third-order valence-corrected chi connectivity index (χ3v) is 4.79. The molecule has 19 heavy (non-hydrogen) atoms. The van der Waals surface area contributed by atoms with Gasteiger partial charge in [0, 0.05) is 17.6 Å². The van der Waals surface area contributed by atoms with Crippen molar-refractivity contribution in [2.45, 2.75) is 12.8 Å². The Bertz CT molecular complexity index is 597. The maximum absolute atomic E-state index is 12.0. The van der Waals surface area contributed by atoms with Gasteiger partial charge in [0.1, 0.15) is 0 Å². The maximum atomic E-state index is 12.0. The van der Waals surface area contributed by atoms with E-state index in [1.54, 1.807) is 0 Å². The Hall–Kier alpha value is -1.12. The van der Waals surface area contributed by atoms with Crippen molar-refractivity contribution in [1.82, 2.24) is 4.31 Å². The van der Waals surface area contributed by atoms with Crippen LogP contribution in [0.15, 0.2) is 22.7 Å². The lowest BCUT2D eigenvalue weighted by molar-refractivity contribution is 0.0697. The molecule has 0 aliphatic carbocycles. The second-order valence-electron chi connectivity index (χ2n) is 4.25. The van der Waals surface area contributed by atoms with Crippen LogP contribution in [-0.4, -0.2) is 36.9 Å². The van der Waals surface area contributed by atoms with Gasteiger partial charge in [-0.3, -0.25) is 4.72 Å². The fourth-order valence-corrected chi connectivity index (χ4v) is 3.69. The fourth-order valence-electron chi connectivity index (χ4n) is 1.91. The van der Waals surface area contributed by atoms with E-state index >= 15 is 0 Å². The molecule has 1 saturated heterocycles. The molecule has 0 amide bonds. The molecule has 1 aliphatic heterocycles. The first-order valence-electron chi connectivity index (χ1n) is 5.70. The van der Waals surface area contributed by atoms with E-state index < -0.39 is 16.2 Å². The van der Waals surface area contributed by atoms with Gasteiger partial charge in [-0.05, 0) is 31.0 Å². The van der Waals surface area contributed by atoms with Crippen molar-refractivity contribution in [3.63, 3.8) is 0 Å². The fraction of sp³-hybridized carbons (Fsp3) is 0.364. The Morgan fingerprint density at radius 2 is 1.89 bits per heavy atom. The summed E-state index contributed by atoms with van der Waals surface area (Å²) in [5, 5.41) is 8.94. The number of hydrogen-bond acceptors (Lipinski definition) is 3. The molecule has 1 heterocycles. The van der Waals surface area contributed by atoms with Gasteiger partial charge in [0.05, 0.1) is 11.3 Å². The van der Waals surface area contributed by atoms with Crippen molar-refractivity contribution in [3.8, 4) is 0 Å². The second-order valence-corrected chi connectivity index (χ2v) is 6.83. The van der Waals surface area contributed by atoms with Gasteiger partial charge in [-0.1, -0.05) is 15.9 Å². The Balaban J connectivity index is 2.25. The summed E-state index contributed by atoms with van der Waals surface area (Å²) in [5.74, 6) is -1.11. The highest BCUT2D eigenvalue weighted by atomic mass is 79.9. The summed E-state index contributed by atoms with van der Waals surface area (Å²) in [6.07, 6.45) is 1.69. The Morgan fingerprint density at radius 1 is 1.26 bits per heavy atom. The third kappa shape index (κ3) is 3.46. The summed E-state index contributed by atoms with van der Waals surface area (Å²) in [5.41, 5.74) is 0.257. The van der Waals surface area contributed by atoms with Gasteiger partial charge < -0.3 is 5.11 Å². The molecule has 0 bridgehead atoms. The quantitative estimate of drug-likeness (QED) is 0.869. The monoisotopic (exact) mass is 348 g/mol. The van der Waals surface area contributed by atoms with E-state index in [9.17, 15) is 13.2 Å². The maximum Gasteiger partial charge on any atom is 0.335 e. The van der Waals surface area contributed by atoms with E-state index in [4.69, 9.17) is 5.11 Å². The van der Waals surface area contributed by atoms with Crippen LogP contribution in [0.3, 0.4) is 0 Å². The lowest BCUT2D eigenvalue weighted by Gasteiger charge is -2.17. The number of benzene rings is 1. The lowest BCUT2D eigenvalue weighted by atomic mass is 10.2. The standard InChI is InChI=1S/C11H13BrN2O4S/c12-9-5-8(11(15)16)6-10(7-9)13-19(17,18)14-3-1-2-4-14/h5-7,13H,1-4H2,(H,15,16). The molecule has 1 aromatic carbocycles. The van der Waals surface area contributed by atoms with Crippen LogP contribution >= 0.6 is 15.9 Å². The largest absolute Gasteiger partial charge is 0.478 e. The van der Waals surface area contributed by atoms with Crippen LogP contribution in [0.4, 0.5) is 5.69 Å². The number of carboxylic acids is 1. The van der Waals surface area contributed by atoms with Gasteiger partial charge in [-0.2, -0.15) is 12.7 Å². The molecule has 0 aromatic heterocycles. The summed E-state index contributed by atoms with van der Waals surface area (Å²) in [6, 6.07) is 4.23. The number of carboxylic acid groups (broad SMARTS) is 1. The summed E-state index contributed by atoms with van der Waals surface area (Å²) in [7, 11) is -3.60. The van der Waals surface area contributed by atoms with Crippen LogP contribution in [0.5, 0.6) is 0 Å². The molecular weight excluding hydrogens is 336 g/mol. The average molecular weight is 349 g/mol. The zero-order valence-electron chi connectivity index (χ0n) is 9.97. The predicted molar refractivity (Wildman–Crippen MR) is 74.5 cm³/mol. The molecule has 6 nitrogen and oxygen atoms in total. The molecule has 2 rings (SSSR count). The number of aromatic carboxylic acids is 1. The van der Waals surface area contributed by atoms with Gasteiger partial charge in [0.2, 0.25) is 0 Å². The molecule has 0 spiro atoms. The smallest absolute Gasteiger partial charge is 0.335 e. The van der Waals surface area contributed by atoms with E-state index in [1.165, 1.54) is 22.5 Å². The van der Waals surface area contributed by atoms with Crippen molar-refractivity contribution < 1.29 is 18.3 Å². The molecule has 1 aliphatic rings. The van der Waals surface area contributed by atoms with Gasteiger partial charge >= 0.3 is 16.2 Å². The van der Waals surface area contributed by atoms with Crippen LogP contribution in [0, 0.1) is 0 Å². The number of nitrogens with zero attached hydrogens (tertiary/aromatic N) is 1.